The van der Waals surface area contributed by atoms with E-state index in [2.05, 4.69) is 0 Å². The van der Waals surface area contributed by atoms with Crippen LogP contribution in [0.25, 0.3) is 0 Å². The third-order valence-corrected chi connectivity index (χ3v) is 8.25. The molecule has 4 aliphatic heterocycles. The predicted molar refractivity (Wildman–Crippen MR) is 133 cm³/mol. The first-order chi connectivity index (χ1) is 17.4. The topological polar surface area (TPSA) is 90.4 Å². The number of aliphatic hydroxyl groups excluding tert-OH is 1. The Balaban J connectivity index is 1.59. The fourth-order valence-corrected chi connectivity index (χ4v) is 6.51. The van der Waals surface area contributed by atoms with Gasteiger partial charge in [-0.15, -0.1) is 0 Å². The molecule has 1 spiro atoms. The summed E-state index contributed by atoms with van der Waals surface area (Å²) < 4.78 is 6.89. The summed E-state index contributed by atoms with van der Waals surface area (Å²) in [6.07, 6.45) is 9.30. The monoisotopic (exact) mass is 493 g/mol. The Morgan fingerprint density at radius 3 is 2.44 bits per heavy atom. The van der Waals surface area contributed by atoms with Crippen LogP contribution in [0.1, 0.15) is 31.7 Å². The average molecular weight is 494 g/mol. The molecule has 4 heterocycles. The average Bonchev–Trinajstić information content (AvgIpc) is 3.18. The standard InChI is InChI=1S/C28H35N3O5/c1-3-27-13-9-15-29(2)24(33)21(27)22-25(34)31(17-7-8-18-32)23-26(35)30(16-10-14-28(22,23)36-27)19-20-11-5-4-6-12-20/h4-6,9-14,21-23,32H,3,7-8,15-19H2,1-2H3/t21-,22-,23?,27+,28-/m0/s1. The summed E-state index contributed by atoms with van der Waals surface area (Å²) in [5.41, 5.74) is -1.17. The molecule has 5 rings (SSSR count). The molecule has 1 aromatic carbocycles. The highest BCUT2D eigenvalue weighted by atomic mass is 16.5. The summed E-state index contributed by atoms with van der Waals surface area (Å²) in [5, 5.41) is 9.34. The Morgan fingerprint density at radius 2 is 1.72 bits per heavy atom. The Kier molecular flexibility index (Phi) is 6.51. The number of unbranched alkanes of at least 4 members (excludes halogenated alkanes) is 1. The molecule has 0 saturated carbocycles. The number of aliphatic hydroxyl groups is 1. The molecule has 2 saturated heterocycles. The number of likely N-dealkylation sites (N-methyl/N-ethyl adjacent to an activating group) is 1. The van der Waals surface area contributed by atoms with Crippen LogP contribution in [0.2, 0.25) is 0 Å². The zero-order valence-corrected chi connectivity index (χ0v) is 21.0. The van der Waals surface area contributed by atoms with Crippen LogP contribution in [-0.4, -0.2) is 88.1 Å². The maximum Gasteiger partial charge on any atom is 0.249 e. The SMILES string of the molecule is CC[C@@]12C=CCN(C)C(=O)[C@@H]1[C@H]1C(=O)N(CCCCO)C3C(=O)N(Cc4ccccc4)CC=C[C@@]31O2. The molecule has 0 aliphatic carbocycles. The van der Waals surface area contributed by atoms with E-state index in [1.54, 1.807) is 21.7 Å². The first-order valence-electron chi connectivity index (χ1n) is 12.9. The van der Waals surface area contributed by atoms with Crippen LogP contribution in [0.15, 0.2) is 54.6 Å². The summed E-state index contributed by atoms with van der Waals surface area (Å²) >= 11 is 0. The zero-order chi connectivity index (χ0) is 25.5. The van der Waals surface area contributed by atoms with Crippen molar-refractivity contribution in [2.24, 2.45) is 11.8 Å². The third-order valence-electron chi connectivity index (χ3n) is 8.25. The highest BCUT2D eigenvalue weighted by Gasteiger charge is 2.75. The van der Waals surface area contributed by atoms with Crippen molar-refractivity contribution in [3.8, 4) is 0 Å². The van der Waals surface area contributed by atoms with Crippen molar-refractivity contribution in [2.75, 3.05) is 33.3 Å². The van der Waals surface area contributed by atoms with Gasteiger partial charge < -0.3 is 24.5 Å². The molecule has 5 atom stereocenters. The Morgan fingerprint density at radius 1 is 0.972 bits per heavy atom. The summed E-state index contributed by atoms with van der Waals surface area (Å²) in [6, 6.07) is 8.92. The highest BCUT2D eigenvalue weighted by Crippen LogP contribution is 2.58. The van der Waals surface area contributed by atoms with Gasteiger partial charge in [0.05, 0.1) is 17.4 Å². The number of carbonyl (C=O) groups is 3. The molecule has 8 nitrogen and oxygen atoms in total. The molecular weight excluding hydrogens is 458 g/mol. The maximum absolute atomic E-state index is 14.2. The number of hydrogen-bond donors (Lipinski definition) is 1. The largest absolute Gasteiger partial charge is 0.396 e. The van der Waals surface area contributed by atoms with Crippen LogP contribution in [0.5, 0.6) is 0 Å². The van der Waals surface area contributed by atoms with Gasteiger partial charge in [-0.3, -0.25) is 14.4 Å². The minimum Gasteiger partial charge on any atom is -0.396 e. The minimum atomic E-state index is -1.22. The second kappa shape index (κ2) is 9.48. The van der Waals surface area contributed by atoms with E-state index in [9.17, 15) is 19.5 Å². The van der Waals surface area contributed by atoms with Gasteiger partial charge in [-0.1, -0.05) is 61.6 Å². The molecule has 0 radical (unpaired) electrons. The number of nitrogens with zero attached hydrogens (tertiary/aromatic N) is 3. The van der Waals surface area contributed by atoms with Crippen molar-refractivity contribution in [1.82, 2.24) is 14.7 Å². The first kappa shape index (κ1) is 24.7. The van der Waals surface area contributed by atoms with E-state index < -0.39 is 29.1 Å². The van der Waals surface area contributed by atoms with Gasteiger partial charge in [0.2, 0.25) is 17.7 Å². The van der Waals surface area contributed by atoms with Gasteiger partial charge in [0.15, 0.2) is 0 Å². The lowest BCUT2D eigenvalue weighted by molar-refractivity contribution is -0.154. The zero-order valence-electron chi connectivity index (χ0n) is 21.0. The Labute approximate surface area is 212 Å². The number of hydrogen-bond acceptors (Lipinski definition) is 5. The van der Waals surface area contributed by atoms with E-state index in [-0.39, 0.29) is 24.3 Å². The number of carbonyl (C=O) groups excluding carboxylic acids is 3. The molecule has 0 bridgehead atoms. The van der Waals surface area contributed by atoms with Gasteiger partial charge >= 0.3 is 0 Å². The van der Waals surface area contributed by atoms with E-state index in [0.29, 0.717) is 45.4 Å². The number of rotatable bonds is 7. The van der Waals surface area contributed by atoms with Crippen molar-refractivity contribution in [1.29, 1.82) is 0 Å². The first-order valence-corrected chi connectivity index (χ1v) is 12.9. The normalized spacial score (nSPS) is 33.5. The minimum absolute atomic E-state index is 0.0153. The van der Waals surface area contributed by atoms with Crippen molar-refractivity contribution in [3.63, 3.8) is 0 Å². The van der Waals surface area contributed by atoms with Crippen LogP contribution in [-0.2, 0) is 25.7 Å². The van der Waals surface area contributed by atoms with E-state index in [1.165, 1.54) is 0 Å². The second-order valence-electron chi connectivity index (χ2n) is 10.3. The lowest BCUT2D eigenvalue weighted by atomic mass is 9.73. The lowest BCUT2D eigenvalue weighted by Gasteiger charge is -2.38. The number of likely N-dealkylation sites (tertiary alicyclic amines) is 1. The highest BCUT2D eigenvalue weighted by molar-refractivity contribution is 6.00. The van der Waals surface area contributed by atoms with Crippen LogP contribution in [0.3, 0.4) is 0 Å². The molecule has 1 unspecified atom stereocenters. The Hall–Kier alpha value is -2.97. The molecule has 1 N–H and O–H groups in total. The van der Waals surface area contributed by atoms with E-state index in [1.807, 2.05) is 61.6 Å². The van der Waals surface area contributed by atoms with Gasteiger partial charge in [0, 0.05) is 39.8 Å². The van der Waals surface area contributed by atoms with Crippen LogP contribution in [0.4, 0.5) is 0 Å². The summed E-state index contributed by atoms with van der Waals surface area (Å²) in [7, 11) is 1.75. The predicted octanol–water partition coefficient (Wildman–Crippen LogP) is 1.75. The van der Waals surface area contributed by atoms with Gasteiger partial charge in [-0.05, 0) is 24.8 Å². The fraction of sp³-hybridized carbons (Fsp3) is 0.536. The van der Waals surface area contributed by atoms with Crippen LogP contribution in [0, 0.1) is 11.8 Å². The van der Waals surface area contributed by atoms with Gasteiger partial charge in [0.1, 0.15) is 11.6 Å². The smallest absolute Gasteiger partial charge is 0.249 e. The number of fused-ring (bicyclic) bond motifs is 2. The van der Waals surface area contributed by atoms with E-state index >= 15 is 0 Å². The van der Waals surface area contributed by atoms with Crippen molar-refractivity contribution in [2.45, 2.75) is 50.0 Å². The molecule has 2 fully saturated rings. The second-order valence-corrected chi connectivity index (χ2v) is 10.3. The van der Waals surface area contributed by atoms with E-state index in [0.717, 1.165) is 5.56 Å². The van der Waals surface area contributed by atoms with Crippen molar-refractivity contribution >= 4 is 17.7 Å². The third kappa shape index (κ3) is 3.69. The quantitative estimate of drug-likeness (QED) is 0.462. The maximum atomic E-state index is 14.2. The summed E-state index contributed by atoms with van der Waals surface area (Å²) in [5.74, 6) is -2.00. The molecule has 36 heavy (non-hydrogen) atoms. The molecule has 0 aromatic heterocycles. The molecule has 192 valence electrons. The molecule has 1 aromatic rings. The number of ether oxygens (including phenoxy) is 1. The Bertz CT molecular complexity index is 1090. The summed E-state index contributed by atoms with van der Waals surface area (Å²) in [4.78, 5) is 47.0. The van der Waals surface area contributed by atoms with Gasteiger partial charge in [0.25, 0.3) is 0 Å². The number of amides is 3. The fourth-order valence-electron chi connectivity index (χ4n) is 6.51. The molecular formula is C28H35N3O5. The molecule has 4 aliphatic rings. The van der Waals surface area contributed by atoms with Gasteiger partial charge in [-0.2, -0.15) is 0 Å². The van der Waals surface area contributed by atoms with Gasteiger partial charge in [-0.25, -0.2) is 0 Å². The van der Waals surface area contributed by atoms with Crippen molar-refractivity contribution in [3.05, 3.63) is 60.2 Å². The number of benzene rings is 1. The van der Waals surface area contributed by atoms with E-state index in [4.69, 9.17) is 4.74 Å². The van der Waals surface area contributed by atoms with Crippen LogP contribution < -0.4 is 0 Å². The van der Waals surface area contributed by atoms with Crippen LogP contribution >= 0.6 is 0 Å². The van der Waals surface area contributed by atoms with Crippen molar-refractivity contribution < 1.29 is 24.2 Å². The summed E-state index contributed by atoms with van der Waals surface area (Å²) in [6.45, 7) is 3.59. The lowest BCUT2D eigenvalue weighted by Crippen LogP contribution is -2.56. The molecule has 3 amide bonds. The molecule has 8 heteroatoms.